The number of carbonyl (C=O) groups excluding carboxylic acids is 2. The van der Waals surface area contributed by atoms with E-state index in [2.05, 4.69) is 10.4 Å². The second-order valence-corrected chi connectivity index (χ2v) is 5.09. The van der Waals surface area contributed by atoms with E-state index >= 15 is 0 Å². The van der Waals surface area contributed by atoms with Crippen LogP contribution in [0.25, 0.3) is 0 Å². The number of nitrogens with zero attached hydrogens (tertiary/aromatic N) is 1. The normalized spacial score (nSPS) is 17.6. The van der Waals surface area contributed by atoms with Crippen LogP contribution in [0.2, 0.25) is 5.02 Å². The van der Waals surface area contributed by atoms with Gasteiger partial charge in [0.05, 0.1) is 17.3 Å². The third-order valence-corrected chi connectivity index (χ3v) is 3.41. The van der Waals surface area contributed by atoms with Crippen molar-refractivity contribution in [1.29, 1.82) is 0 Å². The molecule has 1 aliphatic heterocycles. The highest BCUT2D eigenvalue weighted by Gasteiger charge is 2.19. The van der Waals surface area contributed by atoms with Crippen LogP contribution in [0, 0.1) is 5.82 Å². The van der Waals surface area contributed by atoms with Crippen molar-refractivity contribution < 1.29 is 18.7 Å². The number of hydrazone groups is 1. The molecule has 1 saturated heterocycles. The lowest BCUT2D eigenvalue weighted by Gasteiger charge is -2.09. The Balaban J connectivity index is 1.81. The maximum absolute atomic E-state index is 13.4. The van der Waals surface area contributed by atoms with Gasteiger partial charge < -0.3 is 10.1 Å². The van der Waals surface area contributed by atoms with E-state index in [1.807, 2.05) is 5.43 Å². The molecule has 1 fully saturated rings. The summed E-state index contributed by atoms with van der Waals surface area (Å²) in [5.74, 6) is -2.35. The van der Waals surface area contributed by atoms with Gasteiger partial charge in [0.25, 0.3) is 0 Å². The molecule has 118 valence electrons. The highest BCUT2D eigenvalue weighted by Crippen LogP contribution is 2.16. The van der Waals surface area contributed by atoms with Crippen molar-refractivity contribution in [3.8, 4) is 0 Å². The third kappa shape index (κ3) is 4.51. The molecule has 2 N–H and O–H groups in total. The number of benzene rings is 1. The summed E-state index contributed by atoms with van der Waals surface area (Å²) >= 11 is 5.79. The molecule has 6 nitrogen and oxygen atoms in total. The van der Waals surface area contributed by atoms with Gasteiger partial charge in [-0.2, -0.15) is 5.10 Å². The number of amides is 2. The van der Waals surface area contributed by atoms with Crippen LogP contribution in [0.5, 0.6) is 0 Å². The topological polar surface area (TPSA) is 79.8 Å². The zero-order chi connectivity index (χ0) is 15.9. The van der Waals surface area contributed by atoms with E-state index in [0.29, 0.717) is 6.61 Å². The average molecular weight is 328 g/mol. The fourth-order valence-corrected chi connectivity index (χ4v) is 2.14. The Morgan fingerprint density at radius 1 is 1.45 bits per heavy atom. The standard InChI is InChI=1S/C14H15ClFN3O3/c15-11-4-1-5-12(16)10(11)8-18-19-14(21)13(20)17-7-9-3-2-6-22-9/h1,4-5,8-9H,2-3,6-7H2,(H,17,20)(H,19,21)/b18-8+/t9-/m0/s1. The molecule has 2 amide bonds. The van der Waals surface area contributed by atoms with Crippen LogP contribution in [0.3, 0.4) is 0 Å². The Labute approximate surface area is 131 Å². The Morgan fingerprint density at radius 3 is 2.95 bits per heavy atom. The molecule has 1 atom stereocenters. The summed E-state index contributed by atoms with van der Waals surface area (Å²) in [7, 11) is 0. The number of hydrogen-bond donors (Lipinski definition) is 2. The molecule has 0 aliphatic carbocycles. The first kappa shape index (κ1) is 16.4. The van der Waals surface area contributed by atoms with Gasteiger partial charge in [0.1, 0.15) is 5.82 Å². The van der Waals surface area contributed by atoms with Crippen LogP contribution in [0.4, 0.5) is 4.39 Å². The molecule has 1 aromatic rings. The maximum Gasteiger partial charge on any atom is 0.329 e. The molecule has 2 rings (SSSR count). The summed E-state index contributed by atoms with van der Waals surface area (Å²) in [6.07, 6.45) is 2.78. The van der Waals surface area contributed by atoms with Gasteiger partial charge in [-0.05, 0) is 25.0 Å². The Morgan fingerprint density at radius 2 is 2.27 bits per heavy atom. The van der Waals surface area contributed by atoms with Gasteiger partial charge in [0, 0.05) is 18.7 Å². The van der Waals surface area contributed by atoms with Gasteiger partial charge in [-0.1, -0.05) is 17.7 Å². The monoisotopic (exact) mass is 327 g/mol. The minimum absolute atomic E-state index is 0.0317. The van der Waals surface area contributed by atoms with Crippen molar-refractivity contribution in [1.82, 2.24) is 10.7 Å². The maximum atomic E-state index is 13.4. The van der Waals surface area contributed by atoms with E-state index < -0.39 is 17.6 Å². The Kier molecular flexibility index (Phi) is 5.85. The van der Waals surface area contributed by atoms with Crippen LogP contribution in [-0.4, -0.2) is 37.3 Å². The first-order chi connectivity index (χ1) is 10.6. The van der Waals surface area contributed by atoms with Crippen molar-refractivity contribution in [3.63, 3.8) is 0 Å². The zero-order valence-corrected chi connectivity index (χ0v) is 12.4. The van der Waals surface area contributed by atoms with Gasteiger partial charge in [0.15, 0.2) is 0 Å². The second kappa shape index (κ2) is 7.86. The van der Waals surface area contributed by atoms with Crippen molar-refractivity contribution in [2.24, 2.45) is 5.10 Å². The van der Waals surface area contributed by atoms with Gasteiger partial charge in [-0.3, -0.25) is 9.59 Å². The molecular formula is C14H15ClFN3O3. The molecule has 0 radical (unpaired) electrons. The smallest absolute Gasteiger partial charge is 0.329 e. The molecule has 0 saturated carbocycles. The quantitative estimate of drug-likeness (QED) is 0.496. The molecular weight excluding hydrogens is 313 g/mol. The van der Waals surface area contributed by atoms with E-state index in [9.17, 15) is 14.0 Å². The minimum Gasteiger partial charge on any atom is -0.376 e. The number of halogens is 2. The molecule has 1 aromatic carbocycles. The van der Waals surface area contributed by atoms with Crippen molar-refractivity contribution in [2.45, 2.75) is 18.9 Å². The predicted octanol–water partition coefficient (Wildman–Crippen LogP) is 1.22. The van der Waals surface area contributed by atoms with Gasteiger partial charge in [-0.15, -0.1) is 0 Å². The van der Waals surface area contributed by atoms with Crippen LogP contribution < -0.4 is 10.7 Å². The molecule has 0 unspecified atom stereocenters. The summed E-state index contributed by atoms with van der Waals surface area (Å²) in [6.45, 7) is 0.940. The van der Waals surface area contributed by atoms with Gasteiger partial charge in [0.2, 0.25) is 0 Å². The predicted molar refractivity (Wildman–Crippen MR) is 79.1 cm³/mol. The Bertz CT molecular complexity index is 568. The highest BCUT2D eigenvalue weighted by molar-refractivity contribution is 6.35. The van der Waals surface area contributed by atoms with Crippen LogP contribution in [-0.2, 0) is 14.3 Å². The summed E-state index contributed by atoms with van der Waals surface area (Å²) < 4.78 is 18.8. The average Bonchev–Trinajstić information content (AvgIpc) is 3.01. The van der Waals surface area contributed by atoms with Crippen LogP contribution >= 0.6 is 11.6 Å². The van der Waals surface area contributed by atoms with E-state index in [4.69, 9.17) is 16.3 Å². The molecule has 22 heavy (non-hydrogen) atoms. The minimum atomic E-state index is -0.943. The summed E-state index contributed by atoms with van der Waals surface area (Å²) in [5.41, 5.74) is 2.04. The SMILES string of the molecule is O=C(NC[C@@H]1CCCO1)C(=O)N/N=C/c1c(F)cccc1Cl. The lowest BCUT2D eigenvalue weighted by atomic mass is 10.2. The number of hydrogen-bond acceptors (Lipinski definition) is 4. The largest absolute Gasteiger partial charge is 0.376 e. The first-order valence-electron chi connectivity index (χ1n) is 6.75. The number of rotatable bonds is 4. The molecule has 0 bridgehead atoms. The molecule has 1 heterocycles. The van der Waals surface area contributed by atoms with Gasteiger partial charge in [-0.25, -0.2) is 9.82 Å². The molecule has 0 spiro atoms. The molecule has 1 aliphatic rings. The number of ether oxygens (including phenoxy) is 1. The fourth-order valence-electron chi connectivity index (χ4n) is 1.93. The summed E-state index contributed by atoms with van der Waals surface area (Å²) in [4.78, 5) is 23.0. The zero-order valence-electron chi connectivity index (χ0n) is 11.6. The summed E-state index contributed by atoms with van der Waals surface area (Å²) in [5, 5.41) is 6.12. The first-order valence-corrected chi connectivity index (χ1v) is 7.12. The second-order valence-electron chi connectivity index (χ2n) is 4.68. The van der Waals surface area contributed by atoms with E-state index in [1.54, 1.807) is 0 Å². The Hall–Kier alpha value is -1.99. The lowest BCUT2D eigenvalue weighted by Crippen LogP contribution is -2.41. The van der Waals surface area contributed by atoms with E-state index in [0.717, 1.165) is 19.1 Å². The van der Waals surface area contributed by atoms with E-state index in [-0.39, 0.29) is 23.2 Å². The van der Waals surface area contributed by atoms with Crippen LogP contribution in [0.1, 0.15) is 18.4 Å². The number of carbonyl (C=O) groups is 2. The van der Waals surface area contributed by atoms with Gasteiger partial charge >= 0.3 is 11.8 Å². The van der Waals surface area contributed by atoms with Crippen molar-refractivity contribution in [3.05, 3.63) is 34.6 Å². The number of nitrogens with one attached hydrogen (secondary N) is 2. The van der Waals surface area contributed by atoms with Crippen molar-refractivity contribution in [2.75, 3.05) is 13.2 Å². The molecule has 8 heteroatoms. The lowest BCUT2D eigenvalue weighted by molar-refractivity contribution is -0.139. The van der Waals surface area contributed by atoms with Crippen molar-refractivity contribution >= 4 is 29.6 Å². The van der Waals surface area contributed by atoms with E-state index in [1.165, 1.54) is 18.2 Å². The third-order valence-electron chi connectivity index (χ3n) is 3.08. The molecule has 0 aromatic heterocycles. The fraction of sp³-hybridized carbons (Fsp3) is 0.357. The summed E-state index contributed by atoms with van der Waals surface area (Å²) in [6, 6.07) is 4.15. The highest BCUT2D eigenvalue weighted by atomic mass is 35.5. The van der Waals surface area contributed by atoms with Crippen LogP contribution in [0.15, 0.2) is 23.3 Å².